The number of likely N-dealkylation sites (tertiary alicyclic amines) is 1. The normalized spacial score (nSPS) is 26.7. The summed E-state index contributed by atoms with van der Waals surface area (Å²) >= 11 is 0. The molecule has 2 aliphatic carbocycles. The average molecular weight is 351 g/mol. The van der Waals surface area contributed by atoms with Crippen molar-refractivity contribution in [3.05, 3.63) is 0 Å². The van der Waals surface area contributed by atoms with Gasteiger partial charge in [-0.05, 0) is 45.4 Å². The second-order valence-electron chi connectivity index (χ2n) is 8.37. The molecule has 0 aromatic carbocycles. The standard InChI is InChI=1S/C20H38N4O/c1-2-21-19(22-16-20(25)12-6-7-13-20)23-17-10-14-24(15-11-17)18-8-4-3-5-9-18/h17-18,25H,2-16H2,1H3,(H2,21,22,23). The summed E-state index contributed by atoms with van der Waals surface area (Å²) in [5, 5.41) is 17.5. The lowest BCUT2D eigenvalue weighted by atomic mass is 9.92. The molecule has 0 unspecified atom stereocenters. The van der Waals surface area contributed by atoms with E-state index in [4.69, 9.17) is 4.99 Å². The number of hydrogen-bond donors (Lipinski definition) is 3. The molecule has 1 saturated heterocycles. The van der Waals surface area contributed by atoms with Crippen LogP contribution in [0.2, 0.25) is 0 Å². The minimum atomic E-state index is -0.563. The lowest BCUT2D eigenvalue weighted by molar-refractivity contribution is 0.0573. The van der Waals surface area contributed by atoms with Gasteiger partial charge in [0.15, 0.2) is 5.96 Å². The summed E-state index contributed by atoms with van der Waals surface area (Å²) in [5.41, 5.74) is -0.563. The first kappa shape index (κ1) is 19.0. The summed E-state index contributed by atoms with van der Waals surface area (Å²) in [6.45, 7) is 5.93. The smallest absolute Gasteiger partial charge is 0.191 e. The first-order valence-electron chi connectivity index (χ1n) is 10.7. The van der Waals surface area contributed by atoms with E-state index in [0.29, 0.717) is 12.6 Å². The zero-order chi connectivity index (χ0) is 17.5. The number of rotatable bonds is 5. The van der Waals surface area contributed by atoms with Crippen LogP contribution in [0.3, 0.4) is 0 Å². The van der Waals surface area contributed by atoms with Crippen molar-refractivity contribution in [2.45, 2.75) is 95.2 Å². The number of nitrogens with zero attached hydrogens (tertiary/aromatic N) is 2. The van der Waals surface area contributed by atoms with Crippen LogP contribution in [-0.4, -0.2) is 59.8 Å². The van der Waals surface area contributed by atoms with Gasteiger partial charge in [-0.3, -0.25) is 4.99 Å². The maximum atomic E-state index is 10.5. The number of aliphatic hydroxyl groups is 1. The van der Waals surface area contributed by atoms with Crippen molar-refractivity contribution >= 4 is 5.96 Å². The van der Waals surface area contributed by atoms with Crippen LogP contribution in [-0.2, 0) is 0 Å². The van der Waals surface area contributed by atoms with Crippen LogP contribution in [0.15, 0.2) is 4.99 Å². The summed E-state index contributed by atoms with van der Waals surface area (Å²) in [7, 11) is 0. The molecule has 3 N–H and O–H groups in total. The van der Waals surface area contributed by atoms with Gasteiger partial charge in [-0.15, -0.1) is 0 Å². The molecule has 144 valence electrons. The Kier molecular flexibility index (Phi) is 7.00. The highest BCUT2D eigenvalue weighted by molar-refractivity contribution is 5.80. The van der Waals surface area contributed by atoms with Crippen molar-refractivity contribution in [1.29, 1.82) is 0 Å². The molecule has 1 heterocycles. The maximum absolute atomic E-state index is 10.5. The van der Waals surface area contributed by atoms with Gasteiger partial charge in [0.25, 0.3) is 0 Å². The number of aliphatic imine (C=N–C) groups is 1. The van der Waals surface area contributed by atoms with Crippen molar-refractivity contribution in [2.75, 3.05) is 26.2 Å². The van der Waals surface area contributed by atoms with Crippen LogP contribution in [0.1, 0.15) is 77.6 Å². The molecule has 5 heteroatoms. The second kappa shape index (κ2) is 9.22. The fourth-order valence-electron chi connectivity index (χ4n) is 4.79. The van der Waals surface area contributed by atoms with Gasteiger partial charge in [0.05, 0.1) is 12.1 Å². The number of piperidine rings is 1. The third kappa shape index (κ3) is 5.58. The van der Waals surface area contributed by atoms with Gasteiger partial charge >= 0.3 is 0 Å². The topological polar surface area (TPSA) is 59.9 Å². The van der Waals surface area contributed by atoms with E-state index in [1.54, 1.807) is 0 Å². The molecule has 0 radical (unpaired) electrons. The van der Waals surface area contributed by atoms with Gasteiger partial charge in [-0.25, -0.2) is 0 Å². The highest BCUT2D eigenvalue weighted by Gasteiger charge is 2.31. The molecule has 0 aromatic heterocycles. The lowest BCUT2D eigenvalue weighted by Crippen LogP contribution is -2.51. The van der Waals surface area contributed by atoms with Gasteiger partial charge in [-0.2, -0.15) is 0 Å². The predicted octanol–water partition coefficient (Wildman–Crippen LogP) is 2.64. The van der Waals surface area contributed by atoms with Crippen molar-refractivity contribution < 1.29 is 5.11 Å². The molecular weight excluding hydrogens is 312 g/mol. The molecule has 3 fully saturated rings. The van der Waals surface area contributed by atoms with E-state index < -0.39 is 5.60 Å². The largest absolute Gasteiger partial charge is 0.388 e. The van der Waals surface area contributed by atoms with Crippen molar-refractivity contribution in [2.24, 2.45) is 4.99 Å². The third-order valence-electron chi connectivity index (χ3n) is 6.37. The zero-order valence-electron chi connectivity index (χ0n) is 16.1. The monoisotopic (exact) mass is 350 g/mol. The van der Waals surface area contributed by atoms with E-state index in [2.05, 4.69) is 22.5 Å². The zero-order valence-corrected chi connectivity index (χ0v) is 16.1. The first-order chi connectivity index (χ1) is 12.2. The molecule has 3 rings (SSSR count). The van der Waals surface area contributed by atoms with Crippen molar-refractivity contribution in [3.63, 3.8) is 0 Å². The number of hydrogen-bond acceptors (Lipinski definition) is 3. The summed E-state index contributed by atoms with van der Waals surface area (Å²) in [6, 6.07) is 1.35. The third-order valence-corrected chi connectivity index (χ3v) is 6.37. The molecule has 0 amide bonds. The molecule has 0 spiro atoms. The Morgan fingerprint density at radius 3 is 2.36 bits per heavy atom. The molecular formula is C20H38N4O. The second-order valence-corrected chi connectivity index (χ2v) is 8.37. The van der Waals surface area contributed by atoms with Gasteiger partial charge in [0.2, 0.25) is 0 Å². The first-order valence-corrected chi connectivity index (χ1v) is 10.7. The Balaban J connectivity index is 1.46. The van der Waals surface area contributed by atoms with E-state index in [1.807, 2.05) is 0 Å². The Labute approximate surface area is 153 Å². The van der Waals surface area contributed by atoms with E-state index in [0.717, 1.165) is 44.2 Å². The van der Waals surface area contributed by atoms with Crippen LogP contribution in [0.25, 0.3) is 0 Å². The van der Waals surface area contributed by atoms with Crippen LogP contribution in [0.5, 0.6) is 0 Å². The highest BCUT2D eigenvalue weighted by Crippen LogP contribution is 2.29. The molecule has 5 nitrogen and oxygen atoms in total. The summed E-state index contributed by atoms with van der Waals surface area (Å²) < 4.78 is 0. The van der Waals surface area contributed by atoms with Crippen LogP contribution >= 0.6 is 0 Å². The van der Waals surface area contributed by atoms with E-state index in [1.165, 1.54) is 58.0 Å². The number of nitrogens with one attached hydrogen (secondary N) is 2. The minimum absolute atomic E-state index is 0.510. The molecule has 25 heavy (non-hydrogen) atoms. The Bertz CT molecular complexity index is 419. The fourth-order valence-corrected chi connectivity index (χ4v) is 4.79. The Hall–Kier alpha value is -0.810. The average Bonchev–Trinajstić information content (AvgIpc) is 3.08. The molecule has 0 atom stereocenters. The van der Waals surface area contributed by atoms with Gasteiger partial charge in [0, 0.05) is 31.7 Å². The van der Waals surface area contributed by atoms with Gasteiger partial charge in [-0.1, -0.05) is 32.1 Å². The van der Waals surface area contributed by atoms with Gasteiger partial charge in [0.1, 0.15) is 0 Å². The van der Waals surface area contributed by atoms with Crippen molar-refractivity contribution in [1.82, 2.24) is 15.5 Å². The molecule has 0 aromatic rings. The molecule has 1 aliphatic heterocycles. The summed E-state index contributed by atoms with van der Waals surface area (Å²) in [6.07, 6.45) is 13.5. The predicted molar refractivity (Wildman–Crippen MR) is 104 cm³/mol. The van der Waals surface area contributed by atoms with Gasteiger partial charge < -0.3 is 20.6 Å². The quantitative estimate of drug-likeness (QED) is 0.527. The summed E-state index contributed by atoms with van der Waals surface area (Å²) in [5.74, 6) is 0.888. The van der Waals surface area contributed by atoms with E-state index in [9.17, 15) is 5.11 Å². The SMILES string of the molecule is CCNC(=NCC1(O)CCCC1)NC1CCN(C2CCCCC2)CC1. The number of guanidine groups is 1. The van der Waals surface area contributed by atoms with Crippen LogP contribution < -0.4 is 10.6 Å². The highest BCUT2D eigenvalue weighted by atomic mass is 16.3. The molecule has 0 bridgehead atoms. The van der Waals surface area contributed by atoms with Crippen LogP contribution in [0.4, 0.5) is 0 Å². The fraction of sp³-hybridized carbons (Fsp3) is 0.950. The van der Waals surface area contributed by atoms with E-state index >= 15 is 0 Å². The maximum Gasteiger partial charge on any atom is 0.191 e. The van der Waals surface area contributed by atoms with Crippen LogP contribution in [0, 0.1) is 0 Å². The molecule has 3 aliphatic rings. The lowest BCUT2D eigenvalue weighted by Gasteiger charge is -2.39. The Morgan fingerprint density at radius 2 is 1.72 bits per heavy atom. The summed E-state index contributed by atoms with van der Waals surface area (Å²) in [4.78, 5) is 7.43. The minimum Gasteiger partial charge on any atom is -0.388 e. The molecule has 2 saturated carbocycles. The Morgan fingerprint density at radius 1 is 1.04 bits per heavy atom. The van der Waals surface area contributed by atoms with E-state index in [-0.39, 0.29) is 0 Å². The van der Waals surface area contributed by atoms with Crippen molar-refractivity contribution in [3.8, 4) is 0 Å².